The summed E-state index contributed by atoms with van der Waals surface area (Å²) < 4.78 is 23.1. The van der Waals surface area contributed by atoms with Gasteiger partial charge in [-0.1, -0.05) is 48.0 Å². The largest absolute Gasteiger partial charge is 0.491 e. The van der Waals surface area contributed by atoms with Gasteiger partial charge in [-0.3, -0.25) is 4.79 Å². The van der Waals surface area contributed by atoms with E-state index in [1.807, 2.05) is 30.3 Å². The fourth-order valence-electron chi connectivity index (χ4n) is 4.02. The second-order valence-corrected chi connectivity index (χ2v) is 8.12. The van der Waals surface area contributed by atoms with Gasteiger partial charge in [-0.25, -0.2) is 0 Å². The zero-order valence-corrected chi connectivity index (χ0v) is 17.2. The van der Waals surface area contributed by atoms with Crippen LogP contribution >= 0.6 is 11.6 Å². The van der Waals surface area contributed by atoms with Crippen LogP contribution in [0.1, 0.15) is 18.4 Å². The summed E-state index contributed by atoms with van der Waals surface area (Å²) >= 11 is 5.93. The summed E-state index contributed by atoms with van der Waals surface area (Å²) in [4.78, 5) is 11.9. The molecule has 2 fully saturated rings. The molecule has 1 heterocycles. The van der Waals surface area contributed by atoms with Gasteiger partial charge in [0.1, 0.15) is 30.7 Å². The molecule has 30 heavy (non-hydrogen) atoms. The second-order valence-electron chi connectivity index (χ2n) is 7.69. The van der Waals surface area contributed by atoms with Crippen molar-refractivity contribution in [2.24, 2.45) is 5.92 Å². The van der Waals surface area contributed by atoms with Crippen LogP contribution in [0.2, 0.25) is 5.02 Å². The van der Waals surface area contributed by atoms with Crippen molar-refractivity contribution in [2.45, 2.75) is 43.9 Å². The molecule has 1 N–H and O–H groups in total. The third-order valence-electron chi connectivity index (χ3n) is 5.44. The smallest absolute Gasteiger partial charge is 0.306 e. The summed E-state index contributed by atoms with van der Waals surface area (Å²) in [5, 5.41) is 10.8. The van der Waals surface area contributed by atoms with Gasteiger partial charge in [0.25, 0.3) is 0 Å². The van der Waals surface area contributed by atoms with E-state index in [9.17, 15) is 9.90 Å². The molecule has 1 saturated carbocycles. The lowest BCUT2D eigenvalue weighted by molar-refractivity contribution is -0.172. The van der Waals surface area contributed by atoms with Crippen molar-refractivity contribution in [1.82, 2.24) is 0 Å². The Morgan fingerprint density at radius 2 is 1.93 bits per heavy atom. The Labute approximate surface area is 180 Å². The minimum atomic E-state index is -0.815. The van der Waals surface area contributed by atoms with Gasteiger partial charge in [-0.2, -0.15) is 0 Å². The number of ether oxygens (including phenoxy) is 4. The van der Waals surface area contributed by atoms with Gasteiger partial charge in [0.2, 0.25) is 0 Å². The molecule has 0 aromatic heterocycles. The number of benzene rings is 2. The third-order valence-corrected chi connectivity index (χ3v) is 5.68. The van der Waals surface area contributed by atoms with Crippen LogP contribution in [0.15, 0.2) is 54.6 Å². The number of hydrogen-bond acceptors (Lipinski definition) is 6. The quantitative estimate of drug-likeness (QED) is 0.612. The van der Waals surface area contributed by atoms with Crippen LogP contribution in [0.5, 0.6) is 5.75 Å². The van der Waals surface area contributed by atoms with E-state index in [4.69, 9.17) is 30.5 Å². The van der Waals surface area contributed by atoms with Gasteiger partial charge in [-0.15, -0.1) is 0 Å². The van der Waals surface area contributed by atoms with Crippen molar-refractivity contribution in [3.8, 4) is 5.75 Å². The predicted octanol–water partition coefficient (Wildman–Crippen LogP) is 3.39. The maximum atomic E-state index is 11.9. The zero-order valence-electron chi connectivity index (χ0n) is 16.5. The van der Waals surface area contributed by atoms with Crippen LogP contribution in [0.25, 0.3) is 0 Å². The maximum absolute atomic E-state index is 11.9. The highest BCUT2D eigenvalue weighted by molar-refractivity contribution is 6.30. The molecule has 0 amide bonds. The molecule has 4 rings (SSSR count). The SMILES string of the molecule is O=C1CC2C(OCc3ccccc3)C[C@@H](O1)C2OCC(O)COc1cccc(Cl)c1. The first kappa shape index (κ1) is 21.1. The number of rotatable bonds is 9. The van der Waals surface area contributed by atoms with E-state index in [0.29, 0.717) is 23.8 Å². The van der Waals surface area contributed by atoms with Gasteiger partial charge < -0.3 is 24.1 Å². The van der Waals surface area contributed by atoms with Crippen molar-refractivity contribution in [3.05, 3.63) is 65.2 Å². The summed E-state index contributed by atoms with van der Waals surface area (Å²) in [6.45, 7) is 0.642. The van der Waals surface area contributed by atoms with Crippen LogP contribution in [-0.2, 0) is 25.6 Å². The van der Waals surface area contributed by atoms with Crippen LogP contribution in [0, 0.1) is 5.92 Å². The van der Waals surface area contributed by atoms with E-state index >= 15 is 0 Å². The molecular weight excluding hydrogens is 408 g/mol. The van der Waals surface area contributed by atoms with E-state index in [2.05, 4.69) is 0 Å². The summed E-state index contributed by atoms with van der Waals surface area (Å²) in [5.74, 6) is 0.282. The summed E-state index contributed by atoms with van der Waals surface area (Å²) in [5.41, 5.74) is 1.08. The molecule has 0 spiro atoms. The topological polar surface area (TPSA) is 74.2 Å². The Morgan fingerprint density at radius 1 is 1.10 bits per heavy atom. The van der Waals surface area contributed by atoms with Crippen molar-refractivity contribution in [3.63, 3.8) is 0 Å². The Balaban J connectivity index is 1.28. The van der Waals surface area contributed by atoms with Gasteiger partial charge in [0.05, 0.1) is 25.7 Å². The molecule has 1 saturated heterocycles. The molecule has 0 radical (unpaired) electrons. The van der Waals surface area contributed by atoms with Crippen molar-refractivity contribution < 1.29 is 28.8 Å². The number of esters is 1. The van der Waals surface area contributed by atoms with E-state index in [1.165, 1.54) is 0 Å². The molecule has 2 aliphatic rings. The molecule has 6 nitrogen and oxygen atoms in total. The zero-order chi connectivity index (χ0) is 20.9. The number of halogens is 1. The first-order valence-corrected chi connectivity index (χ1v) is 10.5. The molecule has 2 aromatic carbocycles. The summed E-state index contributed by atoms with van der Waals surface area (Å²) in [7, 11) is 0. The molecular formula is C23H25ClO6. The Hall–Kier alpha value is -2.12. The predicted molar refractivity (Wildman–Crippen MR) is 110 cm³/mol. The van der Waals surface area contributed by atoms with Crippen molar-refractivity contribution in [1.29, 1.82) is 0 Å². The lowest BCUT2D eigenvalue weighted by atomic mass is 9.97. The minimum Gasteiger partial charge on any atom is -0.491 e. The Morgan fingerprint density at radius 3 is 2.73 bits per heavy atom. The van der Waals surface area contributed by atoms with Gasteiger partial charge in [0, 0.05) is 17.4 Å². The van der Waals surface area contributed by atoms with E-state index < -0.39 is 6.10 Å². The average molecular weight is 433 g/mol. The van der Waals surface area contributed by atoms with Crippen LogP contribution in [-0.4, -0.2) is 48.7 Å². The van der Waals surface area contributed by atoms with E-state index in [-0.39, 0.29) is 49.8 Å². The third kappa shape index (κ3) is 5.32. The molecule has 7 heteroatoms. The lowest BCUT2D eigenvalue weighted by Gasteiger charge is -2.31. The Bertz CT molecular complexity index is 845. The van der Waals surface area contributed by atoms with E-state index in [0.717, 1.165) is 5.56 Å². The number of hydrogen-bond donors (Lipinski definition) is 1. The van der Waals surface area contributed by atoms with E-state index in [1.54, 1.807) is 24.3 Å². The van der Waals surface area contributed by atoms with Gasteiger partial charge >= 0.3 is 5.97 Å². The highest BCUT2D eigenvalue weighted by Gasteiger charge is 2.51. The fraction of sp³-hybridized carbons (Fsp3) is 0.435. The fourth-order valence-corrected chi connectivity index (χ4v) is 4.20. The maximum Gasteiger partial charge on any atom is 0.306 e. The minimum absolute atomic E-state index is 0.0795. The standard InChI is InChI=1S/C23H25ClO6/c24-16-7-4-8-18(9-16)27-13-17(25)14-29-23-19-10-22(26)30-21(23)11-20(19)28-12-15-5-2-1-3-6-15/h1-9,17,19-21,23,25H,10-14H2/t17?,19?,20?,21-,23?/m1/s1. The van der Waals surface area contributed by atoms with Crippen molar-refractivity contribution >= 4 is 17.6 Å². The second kappa shape index (κ2) is 9.79. The average Bonchev–Trinajstić information content (AvgIpc) is 2.95. The summed E-state index contributed by atoms with van der Waals surface area (Å²) in [6.07, 6.45) is -0.711. The summed E-state index contributed by atoms with van der Waals surface area (Å²) in [6, 6.07) is 16.9. The lowest BCUT2D eigenvalue weighted by Crippen LogP contribution is -2.42. The molecule has 4 unspecified atom stereocenters. The monoisotopic (exact) mass is 432 g/mol. The highest BCUT2D eigenvalue weighted by Crippen LogP contribution is 2.40. The molecule has 1 aliphatic carbocycles. The molecule has 160 valence electrons. The molecule has 5 atom stereocenters. The normalized spacial score (nSPS) is 26.3. The first-order valence-electron chi connectivity index (χ1n) is 10.1. The van der Waals surface area contributed by atoms with Gasteiger partial charge in [-0.05, 0) is 23.8 Å². The Kier molecular flexibility index (Phi) is 6.89. The highest BCUT2D eigenvalue weighted by atomic mass is 35.5. The van der Waals surface area contributed by atoms with Crippen LogP contribution in [0.3, 0.4) is 0 Å². The molecule has 2 aromatic rings. The number of carbonyl (C=O) groups is 1. The molecule has 1 aliphatic heterocycles. The number of fused-ring (bicyclic) bond motifs is 2. The molecule has 2 bridgehead atoms. The van der Waals surface area contributed by atoms with Crippen LogP contribution in [0.4, 0.5) is 0 Å². The van der Waals surface area contributed by atoms with Crippen molar-refractivity contribution in [2.75, 3.05) is 13.2 Å². The number of aliphatic hydroxyl groups is 1. The van der Waals surface area contributed by atoms with Gasteiger partial charge in [0.15, 0.2) is 0 Å². The first-order chi connectivity index (χ1) is 14.6. The number of aliphatic hydroxyl groups excluding tert-OH is 1. The number of carbonyl (C=O) groups excluding carboxylic acids is 1. The van der Waals surface area contributed by atoms with Crippen LogP contribution < -0.4 is 4.74 Å².